The van der Waals surface area contributed by atoms with Crippen LogP contribution in [0, 0.1) is 5.92 Å². The zero-order valence-electron chi connectivity index (χ0n) is 16.3. The number of dihydropyridines is 1. The third-order valence-corrected chi connectivity index (χ3v) is 4.43. The number of nitrogen functional groups attached to an aromatic ring is 1. The van der Waals surface area contributed by atoms with Crippen LogP contribution in [0.25, 0.3) is 11.2 Å². The molecule has 9 heteroatoms. The first kappa shape index (κ1) is 20.1. The number of rotatable bonds is 10. The van der Waals surface area contributed by atoms with E-state index in [1.807, 2.05) is 10.6 Å². The molecule has 0 bridgehead atoms. The van der Waals surface area contributed by atoms with Crippen LogP contribution < -0.4 is 10.5 Å². The summed E-state index contributed by atoms with van der Waals surface area (Å²) in [6.45, 7) is 4.73. The molecule has 0 saturated heterocycles. The number of fused-ring (bicyclic) bond motifs is 1. The number of aliphatic imine (C=N–C) groups is 1. The van der Waals surface area contributed by atoms with E-state index >= 15 is 0 Å². The minimum Gasteiger partial charge on any atom is -0.478 e. The van der Waals surface area contributed by atoms with Crippen LogP contribution in [0.4, 0.5) is 5.82 Å². The quantitative estimate of drug-likeness (QED) is 0.597. The van der Waals surface area contributed by atoms with Crippen molar-refractivity contribution in [3.05, 3.63) is 18.5 Å². The third-order valence-electron chi connectivity index (χ3n) is 4.43. The van der Waals surface area contributed by atoms with E-state index in [0.717, 1.165) is 25.7 Å². The highest BCUT2D eigenvalue weighted by Gasteiger charge is 2.16. The van der Waals surface area contributed by atoms with E-state index in [0.29, 0.717) is 49.2 Å². The van der Waals surface area contributed by atoms with Crippen LogP contribution in [0.3, 0.4) is 0 Å². The molecule has 3 N–H and O–H groups in total. The van der Waals surface area contributed by atoms with Gasteiger partial charge in [-0.1, -0.05) is 19.4 Å². The standard InChI is InChI=1S/C19H28N6O3/c1-2-3-9-28-19-23-17(20)16-18(24-19)25(13-22-16)12-14-6-7-15(21-11-14)27-10-5-4-8-26/h6-7,13-14,26H,2-5,8-12H2,1H3,(H2,20,23,24)/t14-/m0/s1. The molecule has 2 aromatic heterocycles. The lowest BCUT2D eigenvalue weighted by atomic mass is 10.1. The Morgan fingerprint density at radius 1 is 1.21 bits per heavy atom. The second-order valence-electron chi connectivity index (χ2n) is 6.74. The number of imidazole rings is 1. The van der Waals surface area contributed by atoms with Gasteiger partial charge in [0, 0.05) is 19.1 Å². The van der Waals surface area contributed by atoms with E-state index < -0.39 is 0 Å². The average molecular weight is 388 g/mol. The fourth-order valence-corrected chi connectivity index (χ4v) is 2.85. The average Bonchev–Trinajstić information content (AvgIpc) is 3.10. The van der Waals surface area contributed by atoms with Crippen LogP contribution in [-0.4, -0.2) is 56.9 Å². The SMILES string of the molecule is CCCCOc1nc(N)c2ncn(C[C@H]3C=CC(OCCCCO)=NC3)c2n1. The van der Waals surface area contributed by atoms with Crippen LogP contribution in [-0.2, 0) is 11.3 Å². The summed E-state index contributed by atoms with van der Waals surface area (Å²) in [5, 5.41) is 8.79. The van der Waals surface area contributed by atoms with Crippen molar-refractivity contribution in [2.24, 2.45) is 10.9 Å². The van der Waals surface area contributed by atoms with Crippen molar-refractivity contribution < 1.29 is 14.6 Å². The van der Waals surface area contributed by atoms with E-state index in [9.17, 15) is 0 Å². The van der Waals surface area contributed by atoms with Gasteiger partial charge >= 0.3 is 6.01 Å². The highest BCUT2D eigenvalue weighted by molar-refractivity contribution is 5.88. The van der Waals surface area contributed by atoms with Crippen LogP contribution in [0.1, 0.15) is 32.6 Å². The Labute approximate surface area is 164 Å². The molecule has 152 valence electrons. The number of ether oxygens (including phenoxy) is 2. The summed E-state index contributed by atoms with van der Waals surface area (Å²) in [7, 11) is 0. The van der Waals surface area contributed by atoms with Crippen molar-refractivity contribution >= 4 is 22.9 Å². The molecule has 0 aromatic carbocycles. The lowest BCUT2D eigenvalue weighted by Crippen LogP contribution is -2.18. The second kappa shape index (κ2) is 10.0. The van der Waals surface area contributed by atoms with E-state index in [1.165, 1.54) is 0 Å². The Hall–Kier alpha value is -2.68. The highest BCUT2D eigenvalue weighted by atomic mass is 16.5. The number of hydrogen-bond acceptors (Lipinski definition) is 8. The number of aliphatic hydroxyl groups excluding tert-OH is 1. The third kappa shape index (κ3) is 5.19. The first-order valence-corrected chi connectivity index (χ1v) is 9.78. The number of nitrogens with two attached hydrogens (primary N) is 1. The minimum atomic E-state index is 0.187. The zero-order valence-corrected chi connectivity index (χ0v) is 16.3. The van der Waals surface area contributed by atoms with Crippen LogP contribution >= 0.6 is 0 Å². The summed E-state index contributed by atoms with van der Waals surface area (Å²) in [4.78, 5) is 17.5. The summed E-state index contributed by atoms with van der Waals surface area (Å²) < 4.78 is 13.2. The van der Waals surface area contributed by atoms with E-state index in [2.05, 4.69) is 32.9 Å². The largest absolute Gasteiger partial charge is 0.478 e. The molecule has 0 fully saturated rings. The fraction of sp³-hybridized carbons (Fsp3) is 0.579. The van der Waals surface area contributed by atoms with Gasteiger partial charge in [0.25, 0.3) is 0 Å². The van der Waals surface area contributed by atoms with Gasteiger partial charge in [0.15, 0.2) is 17.0 Å². The smallest absolute Gasteiger partial charge is 0.320 e. The molecule has 0 amide bonds. The van der Waals surface area contributed by atoms with Crippen molar-refractivity contribution in [2.75, 3.05) is 32.1 Å². The molecule has 0 unspecified atom stereocenters. The maximum absolute atomic E-state index is 8.79. The van der Waals surface area contributed by atoms with Gasteiger partial charge in [-0.3, -0.25) is 4.99 Å². The lowest BCUT2D eigenvalue weighted by molar-refractivity contribution is 0.247. The van der Waals surface area contributed by atoms with Crippen molar-refractivity contribution in [3.63, 3.8) is 0 Å². The Morgan fingerprint density at radius 2 is 2.07 bits per heavy atom. The first-order valence-electron chi connectivity index (χ1n) is 9.78. The summed E-state index contributed by atoms with van der Waals surface area (Å²) in [5.74, 6) is 1.18. The molecule has 0 saturated carbocycles. The molecular weight excluding hydrogens is 360 g/mol. The first-order chi connectivity index (χ1) is 13.7. The van der Waals surface area contributed by atoms with Gasteiger partial charge in [-0.15, -0.1) is 0 Å². The summed E-state index contributed by atoms with van der Waals surface area (Å²) in [5.41, 5.74) is 7.27. The van der Waals surface area contributed by atoms with E-state index in [1.54, 1.807) is 6.33 Å². The molecule has 1 aliphatic rings. The number of unbranched alkanes of at least 4 members (excludes halogenated alkanes) is 2. The zero-order chi connectivity index (χ0) is 19.8. The maximum Gasteiger partial charge on any atom is 0.320 e. The van der Waals surface area contributed by atoms with Gasteiger partial charge in [0.1, 0.15) is 0 Å². The molecule has 1 atom stereocenters. The normalized spacial score (nSPS) is 16.4. The second-order valence-corrected chi connectivity index (χ2v) is 6.74. The van der Waals surface area contributed by atoms with Gasteiger partial charge in [-0.25, -0.2) is 4.98 Å². The van der Waals surface area contributed by atoms with Crippen molar-refractivity contribution in [3.8, 4) is 6.01 Å². The number of aromatic nitrogens is 4. The highest BCUT2D eigenvalue weighted by Crippen LogP contribution is 2.21. The molecule has 3 rings (SSSR count). The predicted molar refractivity (Wildman–Crippen MR) is 107 cm³/mol. The number of aliphatic hydroxyl groups is 1. The van der Waals surface area contributed by atoms with Crippen molar-refractivity contribution in [2.45, 2.75) is 39.2 Å². The molecule has 2 aromatic rings. The van der Waals surface area contributed by atoms with Crippen LogP contribution in [0.2, 0.25) is 0 Å². The number of hydrogen-bond donors (Lipinski definition) is 2. The van der Waals surface area contributed by atoms with Crippen LogP contribution in [0.15, 0.2) is 23.5 Å². The lowest BCUT2D eigenvalue weighted by Gasteiger charge is -2.17. The summed E-state index contributed by atoms with van der Waals surface area (Å²) >= 11 is 0. The Balaban J connectivity index is 1.62. The van der Waals surface area contributed by atoms with Crippen LogP contribution in [0.5, 0.6) is 6.01 Å². The fourth-order valence-electron chi connectivity index (χ4n) is 2.85. The molecular formula is C19H28N6O3. The monoisotopic (exact) mass is 388 g/mol. The van der Waals surface area contributed by atoms with Gasteiger partial charge in [0.2, 0.25) is 5.90 Å². The van der Waals surface area contributed by atoms with E-state index in [-0.39, 0.29) is 18.5 Å². The minimum absolute atomic E-state index is 0.187. The van der Waals surface area contributed by atoms with Gasteiger partial charge in [-0.2, -0.15) is 9.97 Å². The molecule has 9 nitrogen and oxygen atoms in total. The van der Waals surface area contributed by atoms with Gasteiger partial charge in [0.05, 0.1) is 26.1 Å². The molecule has 3 heterocycles. The summed E-state index contributed by atoms with van der Waals surface area (Å²) in [6.07, 6.45) is 9.25. The Morgan fingerprint density at radius 3 is 2.82 bits per heavy atom. The molecule has 28 heavy (non-hydrogen) atoms. The molecule has 0 aliphatic carbocycles. The maximum atomic E-state index is 8.79. The topological polar surface area (TPSA) is 121 Å². The van der Waals surface area contributed by atoms with Gasteiger partial charge in [-0.05, 0) is 25.3 Å². The molecule has 1 aliphatic heterocycles. The molecule has 0 spiro atoms. The molecule has 0 radical (unpaired) electrons. The van der Waals surface area contributed by atoms with Gasteiger partial charge < -0.3 is 24.9 Å². The van der Waals surface area contributed by atoms with E-state index in [4.69, 9.17) is 20.3 Å². The summed E-state index contributed by atoms with van der Waals surface area (Å²) in [6, 6.07) is 0.288. The van der Waals surface area contributed by atoms with Crippen molar-refractivity contribution in [1.29, 1.82) is 0 Å². The number of anilines is 1. The Kier molecular flexibility index (Phi) is 7.18. The predicted octanol–water partition coefficient (Wildman–Crippen LogP) is 1.96. The van der Waals surface area contributed by atoms with Crippen molar-refractivity contribution in [1.82, 2.24) is 19.5 Å². The number of nitrogens with zero attached hydrogens (tertiary/aromatic N) is 5. The Bertz CT molecular complexity index is 832.